The van der Waals surface area contributed by atoms with Crippen molar-refractivity contribution in [3.8, 4) is 0 Å². The van der Waals surface area contributed by atoms with Gasteiger partial charge in [-0.05, 0) is 26.0 Å². The minimum absolute atomic E-state index is 0.0834. The van der Waals surface area contributed by atoms with Gasteiger partial charge in [-0.2, -0.15) is 0 Å². The Morgan fingerprint density at radius 2 is 1.86 bits per heavy atom. The van der Waals surface area contributed by atoms with Gasteiger partial charge in [0.1, 0.15) is 5.82 Å². The highest BCUT2D eigenvalue weighted by molar-refractivity contribution is 5.64. The molecule has 21 heavy (non-hydrogen) atoms. The molecule has 0 amide bonds. The van der Waals surface area contributed by atoms with E-state index in [1.807, 2.05) is 20.0 Å². The number of aryl methyl sites for hydroxylation is 1. The molecule has 1 aromatic heterocycles. The number of aromatic nitrogens is 2. The fourth-order valence-corrected chi connectivity index (χ4v) is 2.26. The molecule has 4 nitrogen and oxygen atoms in total. The van der Waals surface area contributed by atoms with E-state index in [0.29, 0.717) is 5.69 Å². The molecule has 0 aliphatic carbocycles. The normalized spacial score (nSPS) is 11.0. The van der Waals surface area contributed by atoms with Gasteiger partial charge in [-0.15, -0.1) is 0 Å². The summed E-state index contributed by atoms with van der Waals surface area (Å²) >= 11 is 0. The Morgan fingerprint density at radius 3 is 2.38 bits per heavy atom. The fourth-order valence-electron chi connectivity index (χ4n) is 2.26. The Hall–Kier alpha value is -1.94. The van der Waals surface area contributed by atoms with E-state index in [0.717, 1.165) is 23.7 Å². The van der Waals surface area contributed by atoms with Crippen molar-refractivity contribution in [2.24, 2.45) is 0 Å². The van der Waals surface area contributed by atoms with E-state index in [4.69, 9.17) is 0 Å². The van der Waals surface area contributed by atoms with Crippen LogP contribution in [0.15, 0.2) is 30.5 Å². The molecule has 112 valence electrons. The quantitative estimate of drug-likeness (QED) is 0.912. The molecule has 0 aliphatic heterocycles. The van der Waals surface area contributed by atoms with Crippen LogP contribution in [0.2, 0.25) is 0 Å². The maximum Gasteiger partial charge on any atom is 0.131 e. The Balaban J connectivity index is 2.44. The van der Waals surface area contributed by atoms with E-state index in [1.54, 1.807) is 0 Å². The predicted molar refractivity (Wildman–Crippen MR) is 85.9 cm³/mol. The van der Waals surface area contributed by atoms with Crippen molar-refractivity contribution in [3.63, 3.8) is 0 Å². The first-order chi connectivity index (χ1) is 10.1. The van der Waals surface area contributed by atoms with Crippen LogP contribution in [-0.2, 0) is 6.61 Å². The Labute approximate surface area is 126 Å². The maximum absolute atomic E-state index is 9.64. The third-order valence-corrected chi connectivity index (χ3v) is 3.48. The molecule has 0 fully saturated rings. The Kier molecular flexibility index (Phi) is 4.91. The van der Waals surface area contributed by atoms with Crippen molar-refractivity contribution in [3.05, 3.63) is 47.5 Å². The molecular formula is C17H23N3O. The highest BCUT2D eigenvalue weighted by Gasteiger charge is 2.15. The second-order valence-electron chi connectivity index (χ2n) is 5.45. The van der Waals surface area contributed by atoms with E-state index in [1.165, 1.54) is 5.56 Å². The van der Waals surface area contributed by atoms with E-state index < -0.39 is 0 Å². The first kappa shape index (κ1) is 15.4. The zero-order valence-corrected chi connectivity index (χ0v) is 13.2. The van der Waals surface area contributed by atoms with Crippen molar-refractivity contribution in [1.29, 1.82) is 0 Å². The number of hydrogen-bond acceptors (Lipinski definition) is 4. The first-order valence-electron chi connectivity index (χ1n) is 7.37. The molecule has 0 bridgehead atoms. The van der Waals surface area contributed by atoms with Crippen LogP contribution in [-0.4, -0.2) is 21.6 Å². The van der Waals surface area contributed by atoms with Crippen molar-refractivity contribution < 1.29 is 5.11 Å². The highest BCUT2D eigenvalue weighted by atomic mass is 16.3. The molecule has 1 aromatic carbocycles. The smallest absolute Gasteiger partial charge is 0.131 e. The van der Waals surface area contributed by atoms with Crippen LogP contribution in [0, 0.1) is 6.92 Å². The number of rotatable bonds is 5. The van der Waals surface area contributed by atoms with Gasteiger partial charge in [0.15, 0.2) is 0 Å². The van der Waals surface area contributed by atoms with Gasteiger partial charge in [0.25, 0.3) is 0 Å². The molecule has 2 aromatic rings. The van der Waals surface area contributed by atoms with Gasteiger partial charge < -0.3 is 10.0 Å². The van der Waals surface area contributed by atoms with E-state index >= 15 is 0 Å². The van der Waals surface area contributed by atoms with Gasteiger partial charge in [0, 0.05) is 18.2 Å². The molecule has 0 radical (unpaired) electrons. The van der Waals surface area contributed by atoms with Crippen LogP contribution in [0.3, 0.4) is 0 Å². The van der Waals surface area contributed by atoms with Gasteiger partial charge in [0.2, 0.25) is 0 Å². The van der Waals surface area contributed by atoms with Crippen LogP contribution < -0.4 is 4.90 Å². The summed E-state index contributed by atoms with van der Waals surface area (Å²) in [4.78, 5) is 11.1. The number of aliphatic hydroxyl groups excluding tert-OH is 1. The van der Waals surface area contributed by atoms with Gasteiger partial charge in [-0.1, -0.05) is 31.5 Å². The monoisotopic (exact) mass is 285 g/mol. The van der Waals surface area contributed by atoms with Crippen LogP contribution in [0.1, 0.15) is 43.8 Å². The molecule has 2 rings (SSSR count). The van der Waals surface area contributed by atoms with Gasteiger partial charge in [-0.3, -0.25) is 0 Å². The summed E-state index contributed by atoms with van der Waals surface area (Å²) in [5.41, 5.74) is 3.85. The van der Waals surface area contributed by atoms with Crippen molar-refractivity contribution in [1.82, 2.24) is 9.97 Å². The lowest BCUT2D eigenvalue weighted by atomic mass is 10.1. The van der Waals surface area contributed by atoms with Crippen LogP contribution in [0.25, 0.3) is 0 Å². The number of nitrogens with zero attached hydrogens (tertiary/aromatic N) is 3. The summed E-state index contributed by atoms with van der Waals surface area (Å²) in [6, 6.07) is 8.33. The molecule has 0 saturated heterocycles. The summed E-state index contributed by atoms with van der Waals surface area (Å²) in [5, 5.41) is 9.64. The Morgan fingerprint density at radius 1 is 1.19 bits per heavy atom. The van der Waals surface area contributed by atoms with E-state index in [2.05, 4.69) is 53.0 Å². The maximum atomic E-state index is 9.64. The summed E-state index contributed by atoms with van der Waals surface area (Å²) < 4.78 is 0. The van der Waals surface area contributed by atoms with Gasteiger partial charge >= 0.3 is 0 Å². The van der Waals surface area contributed by atoms with E-state index in [-0.39, 0.29) is 12.5 Å². The van der Waals surface area contributed by atoms with Gasteiger partial charge in [0.05, 0.1) is 24.2 Å². The van der Waals surface area contributed by atoms with Crippen LogP contribution >= 0.6 is 0 Å². The van der Waals surface area contributed by atoms with Crippen molar-refractivity contribution >= 4 is 11.4 Å². The molecular weight excluding hydrogens is 262 g/mol. The largest absolute Gasteiger partial charge is 0.390 e. The second kappa shape index (κ2) is 6.68. The average Bonchev–Trinajstić information content (AvgIpc) is 2.50. The second-order valence-corrected chi connectivity index (χ2v) is 5.45. The molecule has 1 N–H and O–H groups in total. The summed E-state index contributed by atoms with van der Waals surface area (Å²) in [6.07, 6.45) is 1.82. The van der Waals surface area contributed by atoms with Gasteiger partial charge in [-0.25, -0.2) is 9.97 Å². The SMILES string of the molecule is CCN(c1ccc(C)cc1)c1cnc(C(C)C)nc1CO. The molecule has 0 aliphatic rings. The minimum Gasteiger partial charge on any atom is -0.390 e. The number of hydrogen-bond donors (Lipinski definition) is 1. The van der Waals surface area contributed by atoms with E-state index in [9.17, 15) is 5.11 Å². The molecule has 0 saturated carbocycles. The predicted octanol–water partition coefficient (Wildman–Crippen LogP) is 3.56. The number of aliphatic hydroxyl groups is 1. The lowest BCUT2D eigenvalue weighted by molar-refractivity contribution is 0.276. The third kappa shape index (κ3) is 3.39. The average molecular weight is 285 g/mol. The minimum atomic E-state index is -0.0834. The summed E-state index contributed by atoms with van der Waals surface area (Å²) in [7, 11) is 0. The lowest BCUT2D eigenvalue weighted by Crippen LogP contribution is -2.19. The zero-order valence-electron chi connectivity index (χ0n) is 13.2. The number of anilines is 2. The lowest BCUT2D eigenvalue weighted by Gasteiger charge is -2.25. The Bertz CT molecular complexity index is 593. The molecule has 0 spiro atoms. The fraction of sp³-hybridized carbons (Fsp3) is 0.412. The molecule has 0 unspecified atom stereocenters. The van der Waals surface area contributed by atoms with Crippen LogP contribution in [0.5, 0.6) is 0 Å². The molecule has 1 heterocycles. The van der Waals surface area contributed by atoms with Crippen molar-refractivity contribution in [2.45, 2.75) is 40.2 Å². The standard InChI is InChI=1S/C17H23N3O/c1-5-20(14-8-6-13(4)7-9-14)16-10-18-17(12(2)3)19-15(16)11-21/h6-10,12,21H,5,11H2,1-4H3. The zero-order chi connectivity index (χ0) is 15.4. The third-order valence-electron chi connectivity index (χ3n) is 3.48. The first-order valence-corrected chi connectivity index (χ1v) is 7.37. The summed E-state index contributed by atoms with van der Waals surface area (Å²) in [6.45, 7) is 8.96. The summed E-state index contributed by atoms with van der Waals surface area (Å²) in [5.74, 6) is 1.02. The van der Waals surface area contributed by atoms with Crippen molar-refractivity contribution in [2.75, 3.05) is 11.4 Å². The topological polar surface area (TPSA) is 49.2 Å². The molecule has 0 atom stereocenters. The highest BCUT2D eigenvalue weighted by Crippen LogP contribution is 2.28. The molecule has 4 heteroatoms. The number of benzene rings is 1. The van der Waals surface area contributed by atoms with Crippen LogP contribution in [0.4, 0.5) is 11.4 Å².